The normalized spacial score (nSPS) is 17.2. The summed E-state index contributed by atoms with van der Waals surface area (Å²) < 4.78 is 39.3. The third kappa shape index (κ3) is 4.34. The predicted molar refractivity (Wildman–Crippen MR) is 79.9 cm³/mol. The first kappa shape index (κ1) is 18.4. The topological polar surface area (TPSA) is 67.2 Å². The molecule has 1 heterocycles. The Morgan fingerprint density at radius 1 is 1.38 bits per heavy atom. The second-order valence-corrected chi connectivity index (χ2v) is 6.36. The number of alkyl halides is 3. The summed E-state index contributed by atoms with van der Waals surface area (Å²) in [4.78, 5) is 25.6. The number of aromatic nitrogens is 2. The number of halogens is 3. The molecule has 1 aliphatic carbocycles. The number of carbonyl (C=O) groups excluding carboxylic acids is 2. The van der Waals surface area contributed by atoms with Gasteiger partial charge in [-0.15, -0.1) is 0 Å². The van der Waals surface area contributed by atoms with E-state index in [9.17, 15) is 22.8 Å². The first-order valence-corrected chi connectivity index (χ1v) is 7.71. The predicted octanol–water partition coefficient (Wildman–Crippen LogP) is 1.41. The van der Waals surface area contributed by atoms with Crippen LogP contribution in [0.4, 0.5) is 13.2 Å². The molecule has 2 rings (SSSR count). The van der Waals surface area contributed by atoms with Gasteiger partial charge in [-0.2, -0.15) is 18.3 Å². The number of ketones is 1. The summed E-state index contributed by atoms with van der Waals surface area (Å²) in [5, 5.41) is 5.98. The summed E-state index contributed by atoms with van der Waals surface area (Å²) >= 11 is 0. The van der Waals surface area contributed by atoms with Crippen molar-refractivity contribution in [1.29, 1.82) is 0 Å². The van der Waals surface area contributed by atoms with Crippen LogP contribution in [0.1, 0.15) is 31.2 Å². The van der Waals surface area contributed by atoms with Gasteiger partial charge < -0.3 is 5.32 Å². The van der Waals surface area contributed by atoms with Crippen molar-refractivity contribution in [2.75, 3.05) is 13.6 Å². The number of rotatable bonds is 6. The average Bonchev–Trinajstić information content (AvgIpc) is 3.08. The highest BCUT2D eigenvalue weighted by atomic mass is 19.4. The summed E-state index contributed by atoms with van der Waals surface area (Å²) in [6.07, 6.45) is 0.210. The van der Waals surface area contributed by atoms with Crippen LogP contribution in [0.15, 0.2) is 12.4 Å². The number of likely N-dealkylation sites (N-methyl/N-ethyl adjacent to an activating group) is 1. The van der Waals surface area contributed by atoms with Crippen LogP contribution in [-0.2, 0) is 23.2 Å². The Hall–Kier alpha value is -1.90. The molecule has 1 N–H and O–H groups in total. The molecule has 0 aromatic carbocycles. The molecule has 0 bridgehead atoms. The highest BCUT2D eigenvalue weighted by Gasteiger charge is 2.48. The lowest BCUT2D eigenvalue weighted by molar-refractivity contribution is -0.176. The van der Waals surface area contributed by atoms with Crippen LogP contribution in [0.25, 0.3) is 0 Å². The number of nitrogens with one attached hydrogen (secondary N) is 1. The maximum atomic E-state index is 12.6. The van der Waals surface area contributed by atoms with Gasteiger partial charge in [-0.1, -0.05) is 12.8 Å². The Bertz CT molecular complexity index is 606. The van der Waals surface area contributed by atoms with Gasteiger partial charge in [-0.25, -0.2) is 0 Å². The lowest BCUT2D eigenvalue weighted by Crippen LogP contribution is -2.58. The maximum absolute atomic E-state index is 12.6. The first-order chi connectivity index (χ1) is 11.1. The molecule has 0 atom stereocenters. The van der Waals surface area contributed by atoms with Gasteiger partial charge in [0.15, 0.2) is 5.78 Å². The Kier molecular flexibility index (Phi) is 5.32. The molecule has 1 aromatic rings. The van der Waals surface area contributed by atoms with Gasteiger partial charge in [-0.3, -0.25) is 19.2 Å². The fraction of sp³-hybridized carbons (Fsp3) is 0.667. The number of hydrogen-bond donors (Lipinski definition) is 1. The summed E-state index contributed by atoms with van der Waals surface area (Å²) in [5.74, 6) is -2.43. The molecule has 1 fully saturated rings. The van der Waals surface area contributed by atoms with Crippen molar-refractivity contribution in [3.8, 4) is 0 Å². The van der Waals surface area contributed by atoms with E-state index >= 15 is 0 Å². The van der Waals surface area contributed by atoms with Gasteiger partial charge >= 0.3 is 12.1 Å². The Morgan fingerprint density at radius 2 is 2.00 bits per heavy atom. The maximum Gasteiger partial charge on any atom is 0.471 e. The molecule has 1 aromatic heterocycles. The second kappa shape index (κ2) is 6.92. The summed E-state index contributed by atoms with van der Waals surface area (Å²) in [7, 11) is 3.48. The SMILES string of the molecule is CN(CC(=O)C1(NC(=O)C(F)(F)F)CCCC1)Cc1cnn(C)c1. The van der Waals surface area contributed by atoms with Gasteiger partial charge in [0.2, 0.25) is 0 Å². The van der Waals surface area contributed by atoms with Crippen molar-refractivity contribution in [3.63, 3.8) is 0 Å². The van der Waals surface area contributed by atoms with E-state index in [1.165, 1.54) is 0 Å². The molecule has 0 spiro atoms. The van der Waals surface area contributed by atoms with Gasteiger partial charge in [-0.05, 0) is 19.9 Å². The number of hydrogen-bond acceptors (Lipinski definition) is 4. The van der Waals surface area contributed by atoms with E-state index in [0.717, 1.165) is 5.56 Å². The van der Waals surface area contributed by atoms with E-state index in [2.05, 4.69) is 5.10 Å². The Labute approximate surface area is 138 Å². The van der Waals surface area contributed by atoms with Crippen molar-refractivity contribution in [3.05, 3.63) is 18.0 Å². The molecular weight excluding hydrogens is 325 g/mol. The number of aryl methyl sites for hydroxylation is 1. The zero-order valence-electron chi connectivity index (χ0n) is 13.7. The molecule has 1 aliphatic rings. The van der Waals surface area contributed by atoms with Crippen LogP contribution >= 0.6 is 0 Å². The monoisotopic (exact) mass is 346 g/mol. The summed E-state index contributed by atoms with van der Waals surface area (Å²) in [6, 6.07) is 0. The lowest BCUT2D eigenvalue weighted by Gasteiger charge is -2.31. The van der Waals surface area contributed by atoms with Crippen molar-refractivity contribution in [2.24, 2.45) is 7.05 Å². The van der Waals surface area contributed by atoms with Gasteiger partial charge in [0.1, 0.15) is 5.54 Å². The van der Waals surface area contributed by atoms with Crippen LogP contribution in [-0.4, -0.2) is 51.7 Å². The minimum atomic E-state index is -4.99. The summed E-state index contributed by atoms with van der Waals surface area (Å²) in [5.41, 5.74) is -0.511. The Balaban J connectivity index is 2.02. The van der Waals surface area contributed by atoms with Gasteiger partial charge in [0.05, 0.1) is 12.7 Å². The highest BCUT2D eigenvalue weighted by Crippen LogP contribution is 2.32. The molecule has 9 heteroatoms. The second-order valence-electron chi connectivity index (χ2n) is 6.36. The van der Waals surface area contributed by atoms with Crippen molar-refractivity contribution >= 4 is 11.7 Å². The van der Waals surface area contributed by atoms with Gasteiger partial charge in [0, 0.05) is 25.4 Å². The molecule has 24 heavy (non-hydrogen) atoms. The molecular formula is C15H21F3N4O2. The molecule has 6 nitrogen and oxygen atoms in total. The van der Waals surface area contributed by atoms with Crippen LogP contribution < -0.4 is 5.32 Å². The van der Waals surface area contributed by atoms with Crippen molar-refractivity contribution in [1.82, 2.24) is 20.0 Å². The lowest BCUT2D eigenvalue weighted by atomic mass is 9.91. The fourth-order valence-corrected chi connectivity index (χ4v) is 3.06. The van der Waals surface area contributed by atoms with E-state index < -0.39 is 17.6 Å². The third-order valence-electron chi connectivity index (χ3n) is 4.23. The third-order valence-corrected chi connectivity index (χ3v) is 4.23. The average molecular weight is 346 g/mol. The highest BCUT2D eigenvalue weighted by molar-refractivity contribution is 5.95. The number of Topliss-reactive ketones (excluding diaryl/α,β-unsaturated/α-hetero) is 1. The van der Waals surface area contributed by atoms with E-state index in [-0.39, 0.29) is 25.2 Å². The quantitative estimate of drug-likeness (QED) is 0.846. The molecule has 0 saturated heterocycles. The van der Waals surface area contributed by atoms with Crippen LogP contribution in [0.2, 0.25) is 0 Å². The number of carbonyl (C=O) groups is 2. The van der Waals surface area contributed by atoms with E-state index in [1.54, 1.807) is 36.1 Å². The number of amides is 1. The molecule has 0 unspecified atom stereocenters. The Morgan fingerprint density at radius 3 is 2.50 bits per heavy atom. The van der Waals surface area contributed by atoms with E-state index in [4.69, 9.17) is 0 Å². The minimum absolute atomic E-state index is 0.0347. The zero-order chi connectivity index (χ0) is 18.0. The molecule has 0 radical (unpaired) electrons. The molecule has 134 valence electrons. The smallest absolute Gasteiger partial charge is 0.336 e. The van der Waals surface area contributed by atoms with Crippen LogP contribution in [0.5, 0.6) is 0 Å². The summed E-state index contributed by atoms with van der Waals surface area (Å²) in [6.45, 7) is 0.413. The minimum Gasteiger partial charge on any atom is -0.336 e. The number of nitrogens with zero attached hydrogens (tertiary/aromatic N) is 3. The molecule has 1 saturated carbocycles. The largest absolute Gasteiger partial charge is 0.471 e. The van der Waals surface area contributed by atoms with Crippen LogP contribution in [0.3, 0.4) is 0 Å². The standard InChI is InChI=1S/C15H21F3N4O2/c1-21(8-11-7-19-22(2)9-11)10-12(23)14(5-3-4-6-14)20-13(24)15(16,17)18/h7,9H,3-6,8,10H2,1-2H3,(H,20,24). The van der Waals surface area contributed by atoms with Crippen LogP contribution in [0, 0.1) is 0 Å². The molecule has 0 aliphatic heterocycles. The van der Waals surface area contributed by atoms with E-state index in [1.807, 2.05) is 5.32 Å². The van der Waals surface area contributed by atoms with Crippen molar-refractivity contribution < 1.29 is 22.8 Å². The zero-order valence-corrected chi connectivity index (χ0v) is 13.7. The van der Waals surface area contributed by atoms with Crippen molar-refractivity contribution in [2.45, 2.75) is 43.9 Å². The molecule has 1 amide bonds. The van der Waals surface area contributed by atoms with E-state index in [0.29, 0.717) is 19.4 Å². The first-order valence-electron chi connectivity index (χ1n) is 7.71. The fourth-order valence-electron chi connectivity index (χ4n) is 3.06. The van der Waals surface area contributed by atoms with Gasteiger partial charge in [0.25, 0.3) is 0 Å².